The number of nitrogens with one attached hydrogen (secondary N) is 2. The number of carbonyl (C=O) groups excluding carboxylic acids is 2. The zero-order valence-corrected chi connectivity index (χ0v) is 13.1. The first-order valence-electron chi connectivity index (χ1n) is 7.45. The quantitative estimate of drug-likeness (QED) is 0.760. The molecule has 0 radical (unpaired) electrons. The summed E-state index contributed by atoms with van der Waals surface area (Å²) in [5.74, 6) is -0.249. The van der Waals surface area contributed by atoms with Gasteiger partial charge in [-0.3, -0.25) is 9.59 Å². The number of carbonyl (C=O) groups is 2. The SMILES string of the molecule is Cc1cc(NC(=O)c2ccco2)ccc1NC(=O)c1ccccc1. The fourth-order valence-corrected chi connectivity index (χ4v) is 2.27. The van der Waals surface area contributed by atoms with Gasteiger partial charge in [0, 0.05) is 16.9 Å². The first-order valence-corrected chi connectivity index (χ1v) is 7.45. The molecular formula is C19H16N2O3. The zero-order valence-electron chi connectivity index (χ0n) is 13.1. The molecule has 0 aliphatic heterocycles. The summed E-state index contributed by atoms with van der Waals surface area (Å²) in [6, 6.07) is 17.5. The van der Waals surface area contributed by atoms with Gasteiger partial charge < -0.3 is 15.1 Å². The Hall–Kier alpha value is -3.34. The maximum Gasteiger partial charge on any atom is 0.291 e. The van der Waals surface area contributed by atoms with E-state index in [1.807, 2.05) is 25.1 Å². The fourth-order valence-electron chi connectivity index (χ4n) is 2.27. The molecule has 0 saturated carbocycles. The monoisotopic (exact) mass is 320 g/mol. The normalized spacial score (nSPS) is 10.2. The van der Waals surface area contributed by atoms with Crippen molar-refractivity contribution in [3.8, 4) is 0 Å². The Labute approximate surface area is 139 Å². The number of benzene rings is 2. The van der Waals surface area contributed by atoms with Crippen LogP contribution < -0.4 is 10.6 Å². The van der Waals surface area contributed by atoms with Gasteiger partial charge in [0.1, 0.15) is 0 Å². The summed E-state index contributed by atoms with van der Waals surface area (Å²) < 4.78 is 5.05. The molecule has 3 rings (SSSR count). The Morgan fingerprint density at radius 2 is 1.67 bits per heavy atom. The molecule has 1 aromatic heterocycles. The predicted molar refractivity (Wildman–Crippen MR) is 92.2 cm³/mol. The molecule has 2 amide bonds. The molecule has 5 heteroatoms. The molecule has 2 N–H and O–H groups in total. The Bertz CT molecular complexity index is 856. The van der Waals surface area contributed by atoms with E-state index in [0.29, 0.717) is 16.9 Å². The minimum Gasteiger partial charge on any atom is -0.459 e. The molecule has 1 heterocycles. The van der Waals surface area contributed by atoms with Crippen LogP contribution in [0.5, 0.6) is 0 Å². The van der Waals surface area contributed by atoms with E-state index in [9.17, 15) is 9.59 Å². The largest absolute Gasteiger partial charge is 0.459 e. The van der Waals surface area contributed by atoms with Gasteiger partial charge in [0.2, 0.25) is 0 Å². The lowest BCUT2D eigenvalue weighted by molar-refractivity contribution is 0.0994. The topological polar surface area (TPSA) is 71.3 Å². The Morgan fingerprint density at radius 1 is 0.875 bits per heavy atom. The molecule has 0 atom stereocenters. The van der Waals surface area contributed by atoms with Gasteiger partial charge in [-0.2, -0.15) is 0 Å². The third-order valence-electron chi connectivity index (χ3n) is 3.51. The average Bonchev–Trinajstić information content (AvgIpc) is 3.13. The van der Waals surface area contributed by atoms with Crippen LogP contribution in [0, 0.1) is 6.92 Å². The van der Waals surface area contributed by atoms with E-state index in [4.69, 9.17) is 4.42 Å². The van der Waals surface area contributed by atoms with E-state index >= 15 is 0 Å². The van der Waals surface area contributed by atoms with Gasteiger partial charge in [-0.25, -0.2) is 0 Å². The van der Waals surface area contributed by atoms with Crippen molar-refractivity contribution in [2.24, 2.45) is 0 Å². The summed E-state index contributed by atoms with van der Waals surface area (Å²) in [4.78, 5) is 24.2. The standard InChI is InChI=1S/C19H16N2O3/c1-13-12-15(20-19(23)17-8-5-11-24-17)9-10-16(13)21-18(22)14-6-3-2-4-7-14/h2-12H,1H3,(H,20,23)(H,21,22). The van der Waals surface area contributed by atoms with Crippen molar-refractivity contribution >= 4 is 23.2 Å². The number of rotatable bonds is 4. The van der Waals surface area contributed by atoms with Crippen LogP contribution in [0.15, 0.2) is 71.3 Å². The molecule has 24 heavy (non-hydrogen) atoms. The molecule has 0 saturated heterocycles. The molecule has 0 spiro atoms. The molecule has 5 nitrogen and oxygen atoms in total. The highest BCUT2D eigenvalue weighted by Crippen LogP contribution is 2.21. The van der Waals surface area contributed by atoms with Crippen molar-refractivity contribution in [1.82, 2.24) is 0 Å². The third-order valence-corrected chi connectivity index (χ3v) is 3.51. The lowest BCUT2D eigenvalue weighted by Gasteiger charge is -2.11. The molecule has 3 aromatic rings. The van der Waals surface area contributed by atoms with Gasteiger partial charge in [-0.1, -0.05) is 18.2 Å². The van der Waals surface area contributed by atoms with Crippen LogP contribution in [-0.4, -0.2) is 11.8 Å². The molecule has 0 aliphatic rings. The predicted octanol–water partition coefficient (Wildman–Crippen LogP) is 4.09. The highest BCUT2D eigenvalue weighted by atomic mass is 16.3. The number of hydrogen-bond donors (Lipinski definition) is 2. The number of aryl methyl sites for hydroxylation is 1. The second-order valence-electron chi connectivity index (χ2n) is 5.28. The maximum atomic E-state index is 12.2. The van der Waals surface area contributed by atoms with Crippen LogP contribution in [0.3, 0.4) is 0 Å². The van der Waals surface area contributed by atoms with Gasteiger partial charge in [0.15, 0.2) is 5.76 Å². The van der Waals surface area contributed by atoms with E-state index in [2.05, 4.69) is 10.6 Å². The van der Waals surface area contributed by atoms with Crippen LogP contribution in [-0.2, 0) is 0 Å². The fraction of sp³-hybridized carbons (Fsp3) is 0.0526. The Morgan fingerprint density at radius 3 is 2.33 bits per heavy atom. The second kappa shape index (κ2) is 6.83. The van der Waals surface area contributed by atoms with E-state index in [1.165, 1.54) is 6.26 Å². The van der Waals surface area contributed by atoms with Crippen LogP contribution in [0.2, 0.25) is 0 Å². The third kappa shape index (κ3) is 3.52. The van der Waals surface area contributed by atoms with Crippen LogP contribution in [0.1, 0.15) is 26.5 Å². The van der Waals surface area contributed by atoms with Gasteiger partial charge in [-0.15, -0.1) is 0 Å². The molecule has 0 aliphatic carbocycles. The summed E-state index contributed by atoms with van der Waals surface area (Å²) in [6.45, 7) is 1.86. The van der Waals surface area contributed by atoms with Crippen molar-refractivity contribution in [3.63, 3.8) is 0 Å². The molecule has 0 bridgehead atoms. The first kappa shape index (κ1) is 15.6. The molecule has 120 valence electrons. The zero-order chi connectivity index (χ0) is 16.9. The lowest BCUT2D eigenvalue weighted by atomic mass is 10.1. The van der Waals surface area contributed by atoms with Crippen LogP contribution in [0.25, 0.3) is 0 Å². The second-order valence-corrected chi connectivity index (χ2v) is 5.28. The van der Waals surface area contributed by atoms with E-state index in [1.54, 1.807) is 42.5 Å². The minimum absolute atomic E-state index is 0.175. The number of anilines is 2. The highest BCUT2D eigenvalue weighted by Gasteiger charge is 2.11. The van der Waals surface area contributed by atoms with Gasteiger partial charge in [-0.05, 0) is 55.0 Å². The van der Waals surface area contributed by atoms with Gasteiger partial charge >= 0.3 is 0 Å². The summed E-state index contributed by atoms with van der Waals surface area (Å²) >= 11 is 0. The molecular weight excluding hydrogens is 304 g/mol. The molecule has 0 fully saturated rings. The molecule has 2 aromatic carbocycles. The molecule has 0 unspecified atom stereocenters. The smallest absolute Gasteiger partial charge is 0.291 e. The Balaban J connectivity index is 1.71. The number of furan rings is 1. The van der Waals surface area contributed by atoms with E-state index in [-0.39, 0.29) is 17.6 Å². The summed E-state index contributed by atoms with van der Waals surface area (Å²) in [5.41, 5.74) is 2.76. The van der Waals surface area contributed by atoms with Crippen LogP contribution >= 0.6 is 0 Å². The van der Waals surface area contributed by atoms with Crippen molar-refractivity contribution < 1.29 is 14.0 Å². The first-order chi connectivity index (χ1) is 11.6. The van der Waals surface area contributed by atoms with Crippen LogP contribution in [0.4, 0.5) is 11.4 Å². The van der Waals surface area contributed by atoms with Crippen molar-refractivity contribution in [3.05, 3.63) is 83.8 Å². The Kier molecular flexibility index (Phi) is 4.43. The summed E-state index contributed by atoms with van der Waals surface area (Å²) in [7, 11) is 0. The van der Waals surface area contributed by atoms with E-state index in [0.717, 1.165) is 5.56 Å². The van der Waals surface area contributed by atoms with Gasteiger partial charge in [0.25, 0.3) is 11.8 Å². The van der Waals surface area contributed by atoms with E-state index < -0.39 is 0 Å². The lowest BCUT2D eigenvalue weighted by Crippen LogP contribution is -2.14. The highest BCUT2D eigenvalue weighted by molar-refractivity contribution is 6.05. The average molecular weight is 320 g/mol. The maximum absolute atomic E-state index is 12.2. The summed E-state index contributed by atoms with van der Waals surface area (Å²) in [5, 5.41) is 5.62. The van der Waals surface area contributed by atoms with Crippen molar-refractivity contribution in [1.29, 1.82) is 0 Å². The number of amides is 2. The summed E-state index contributed by atoms with van der Waals surface area (Å²) in [6.07, 6.45) is 1.45. The van der Waals surface area contributed by atoms with Gasteiger partial charge in [0.05, 0.1) is 6.26 Å². The van der Waals surface area contributed by atoms with Crippen molar-refractivity contribution in [2.75, 3.05) is 10.6 Å². The minimum atomic E-state index is -0.319. The number of hydrogen-bond acceptors (Lipinski definition) is 3. The van der Waals surface area contributed by atoms with Crippen molar-refractivity contribution in [2.45, 2.75) is 6.92 Å².